The molecule has 0 aromatic carbocycles. The van der Waals surface area contributed by atoms with Gasteiger partial charge in [-0.15, -0.1) is 0 Å². The molecule has 1 N–H and O–H groups in total. The molecule has 12 heteroatoms. The summed E-state index contributed by atoms with van der Waals surface area (Å²) in [4.78, 5) is 15.2. The van der Waals surface area contributed by atoms with Crippen LogP contribution in [0.3, 0.4) is 0 Å². The van der Waals surface area contributed by atoms with E-state index < -0.39 is 33.8 Å². The molecule has 0 fully saturated rings. The summed E-state index contributed by atoms with van der Waals surface area (Å²) in [6, 6.07) is 3.28. The molecule has 2 aromatic heterocycles. The molecule has 25 heavy (non-hydrogen) atoms. The van der Waals surface area contributed by atoms with E-state index in [0.29, 0.717) is 10.7 Å². The van der Waals surface area contributed by atoms with Crippen molar-refractivity contribution in [2.24, 2.45) is 0 Å². The fourth-order valence-electron chi connectivity index (χ4n) is 1.71. The summed E-state index contributed by atoms with van der Waals surface area (Å²) in [5.41, 5.74) is -1.22. The number of halogens is 3. The summed E-state index contributed by atoms with van der Waals surface area (Å²) < 4.78 is 64.1. The van der Waals surface area contributed by atoms with Crippen molar-refractivity contribution >= 4 is 15.9 Å². The summed E-state index contributed by atoms with van der Waals surface area (Å²) in [5, 5.41) is 11.8. The first-order valence-corrected chi connectivity index (χ1v) is 8.08. The summed E-state index contributed by atoms with van der Waals surface area (Å²) in [6.45, 7) is 1.19. The van der Waals surface area contributed by atoms with Crippen LogP contribution in [0.4, 0.5) is 13.2 Å². The average molecular weight is 373 g/mol. The number of hydrogen-bond acceptors (Lipinski definition) is 6. The molecule has 0 radical (unpaired) electrons. The maximum Gasteiger partial charge on any atom is 0.435 e. The van der Waals surface area contributed by atoms with Crippen molar-refractivity contribution in [3.8, 4) is 6.07 Å². The van der Waals surface area contributed by atoms with Gasteiger partial charge in [-0.2, -0.15) is 23.5 Å². The van der Waals surface area contributed by atoms with Crippen LogP contribution >= 0.6 is 0 Å². The minimum atomic E-state index is -4.68. The minimum Gasteiger partial charge on any atom is -0.272 e. The van der Waals surface area contributed by atoms with Gasteiger partial charge in [0.1, 0.15) is 22.7 Å². The molecule has 2 heterocycles. The van der Waals surface area contributed by atoms with Gasteiger partial charge < -0.3 is 0 Å². The molecule has 132 valence electrons. The number of nitrogens with zero attached hydrogens (tertiary/aromatic N) is 4. The topological polar surface area (TPSA) is 118 Å². The van der Waals surface area contributed by atoms with E-state index in [1.54, 1.807) is 10.8 Å². The molecule has 0 spiro atoms. The lowest BCUT2D eigenvalue weighted by Crippen LogP contribution is -2.36. The predicted octanol–water partition coefficient (Wildman–Crippen LogP) is 1.23. The fraction of sp³-hybridized carbons (Fsp3) is 0.231. The number of pyridine rings is 1. The zero-order valence-corrected chi connectivity index (χ0v) is 13.3. The number of amides is 1. The Morgan fingerprint density at radius 2 is 2.04 bits per heavy atom. The van der Waals surface area contributed by atoms with Crippen LogP contribution < -0.4 is 4.72 Å². The van der Waals surface area contributed by atoms with Crippen LogP contribution in [0.15, 0.2) is 35.5 Å². The van der Waals surface area contributed by atoms with Gasteiger partial charge in [0.25, 0.3) is 15.9 Å². The Balaban J connectivity index is 2.17. The first-order chi connectivity index (χ1) is 11.5. The Bertz CT molecular complexity index is 929. The summed E-state index contributed by atoms with van der Waals surface area (Å²) in [5.74, 6) is -1.08. The van der Waals surface area contributed by atoms with Crippen molar-refractivity contribution in [1.82, 2.24) is 19.5 Å². The van der Waals surface area contributed by atoms with E-state index in [0.717, 1.165) is 24.5 Å². The second-order valence-corrected chi connectivity index (χ2v) is 6.50. The largest absolute Gasteiger partial charge is 0.435 e. The third-order valence-corrected chi connectivity index (χ3v) is 4.40. The van der Waals surface area contributed by atoms with Crippen LogP contribution in [0.25, 0.3) is 0 Å². The standard InChI is InChI=1S/C13H10F3N5O3S/c1-8(21-5-4-11(19-21)13(14,15)16)12(22)20-25(23,24)10-3-2-9(6-17)18-7-10/h2-5,7-8H,1H3,(H,20,22). The monoisotopic (exact) mass is 373 g/mol. The Labute approximate surface area is 140 Å². The van der Waals surface area contributed by atoms with E-state index in [4.69, 9.17) is 5.26 Å². The SMILES string of the molecule is CC(C(=O)NS(=O)(=O)c1ccc(C#N)nc1)n1ccc(C(F)(F)F)n1. The van der Waals surface area contributed by atoms with Crippen molar-refractivity contribution in [3.05, 3.63) is 42.0 Å². The normalized spacial score (nSPS) is 13.1. The van der Waals surface area contributed by atoms with Gasteiger partial charge in [-0.05, 0) is 25.1 Å². The molecule has 0 saturated carbocycles. The van der Waals surface area contributed by atoms with E-state index in [1.165, 1.54) is 6.92 Å². The highest BCUT2D eigenvalue weighted by molar-refractivity contribution is 7.90. The molecular formula is C13H10F3N5O3S. The van der Waals surface area contributed by atoms with E-state index in [2.05, 4.69) is 10.1 Å². The molecule has 8 nitrogen and oxygen atoms in total. The number of alkyl halides is 3. The van der Waals surface area contributed by atoms with Crippen LogP contribution in [0, 0.1) is 11.3 Å². The van der Waals surface area contributed by atoms with E-state index >= 15 is 0 Å². The molecule has 0 saturated heterocycles. The predicted molar refractivity (Wildman–Crippen MR) is 76.2 cm³/mol. The van der Waals surface area contributed by atoms with Crippen molar-refractivity contribution in [2.75, 3.05) is 0 Å². The maximum absolute atomic E-state index is 12.5. The van der Waals surface area contributed by atoms with Crippen molar-refractivity contribution in [3.63, 3.8) is 0 Å². The lowest BCUT2D eigenvalue weighted by Gasteiger charge is -2.13. The Morgan fingerprint density at radius 1 is 1.36 bits per heavy atom. The number of aromatic nitrogens is 3. The number of carbonyl (C=O) groups is 1. The molecule has 0 bridgehead atoms. The Kier molecular flexibility index (Phi) is 4.80. The molecule has 2 aromatic rings. The Hall–Kier alpha value is -2.94. The highest BCUT2D eigenvalue weighted by atomic mass is 32.2. The maximum atomic E-state index is 12.5. The number of carbonyl (C=O) groups excluding carboxylic acids is 1. The highest BCUT2D eigenvalue weighted by Crippen LogP contribution is 2.27. The van der Waals surface area contributed by atoms with Gasteiger partial charge in [-0.25, -0.2) is 18.1 Å². The third-order valence-electron chi connectivity index (χ3n) is 3.07. The fourth-order valence-corrected chi connectivity index (χ4v) is 2.70. The molecule has 1 atom stereocenters. The lowest BCUT2D eigenvalue weighted by molar-refractivity contribution is -0.142. The number of rotatable bonds is 4. The lowest BCUT2D eigenvalue weighted by atomic mass is 10.3. The Morgan fingerprint density at radius 3 is 2.52 bits per heavy atom. The molecule has 1 unspecified atom stereocenters. The smallest absolute Gasteiger partial charge is 0.272 e. The van der Waals surface area contributed by atoms with Crippen molar-refractivity contribution in [1.29, 1.82) is 5.26 Å². The zero-order chi connectivity index (χ0) is 18.8. The first-order valence-electron chi connectivity index (χ1n) is 6.60. The van der Waals surface area contributed by atoms with E-state index in [9.17, 15) is 26.4 Å². The highest BCUT2D eigenvalue weighted by Gasteiger charge is 2.34. The van der Waals surface area contributed by atoms with E-state index in [-0.39, 0.29) is 10.6 Å². The minimum absolute atomic E-state index is 0.0186. The molecule has 0 aliphatic heterocycles. The van der Waals surface area contributed by atoms with Crippen LogP contribution in [-0.4, -0.2) is 29.1 Å². The van der Waals surface area contributed by atoms with Gasteiger partial charge in [0.2, 0.25) is 0 Å². The van der Waals surface area contributed by atoms with Gasteiger partial charge >= 0.3 is 6.18 Å². The van der Waals surface area contributed by atoms with Crippen LogP contribution in [0.2, 0.25) is 0 Å². The molecule has 2 rings (SSSR count). The van der Waals surface area contributed by atoms with Gasteiger partial charge in [0.15, 0.2) is 5.69 Å². The summed E-state index contributed by atoms with van der Waals surface area (Å²) in [6.07, 6.45) is -2.88. The molecule has 0 aliphatic rings. The van der Waals surface area contributed by atoms with Crippen LogP contribution in [0.1, 0.15) is 24.4 Å². The van der Waals surface area contributed by atoms with Crippen LogP contribution in [0.5, 0.6) is 0 Å². The first kappa shape index (κ1) is 18.4. The van der Waals surface area contributed by atoms with Crippen molar-refractivity contribution < 1.29 is 26.4 Å². The quantitative estimate of drug-likeness (QED) is 0.861. The average Bonchev–Trinajstić information content (AvgIpc) is 3.04. The number of sulfonamides is 1. The summed E-state index contributed by atoms with van der Waals surface area (Å²) in [7, 11) is -4.29. The van der Waals surface area contributed by atoms with Gasteiger partial charge in [0, 0.05) is 12.4 Å². The second-order valence-electron chi connectivity index (χ2n) is 4.82. The summed E-state index contributed by atoms with van der Waals surface area (Å²) >= 11 is 0. The molecule has 1 amide bonds. The van der Waals surface area contributed by atoms with E-state index in [1.807, 2.05) is 0 Å². The van der Waals surface area contributed by atoms with Crippen molar-refractivity contribution in [2.45, 2.75) is 24.0 Å². The number of hydrogen-bond donors (Lipinski definition) is 1. The zero-order valence-electron chi connectivity index (χ0n) is 12.5. The van der Waals surface area contributed by atoms with Gasteiger partial charge in [-0.1, -0.05) is 0 Å². The number of nitrogens with one attached hydrogen (secondary N) is 1. The molecule has 0 aliphatic carbocycles. The third kappa shape index (κ3) is 4.13. The second kappa shape index (κ2) is 6.52. The van der Waals surface area contributed by atoms with Gasteiger partial charge in [-0.3, -0.25) is 9.48 Å². The van der Waals surface area contributed by atoms with Crippen LogP contribution in [-0.2, 0) is 21.0 Å². The molecular weight excluding hydrogens is 363 g/mol. The van der Waals surface area contributed by atoms with Gasteiger partial charge in [0.05, 0.1) is 0 Å². The number of nitriles is 1.